The summed E-state index contributed by atoms with van der Waals surface area (Å²) in [6, 6.07) is 2.26. The van der Waals surface area contributed by atoms with Crippen molar-refractivity contribution in [3.8, 4) is 5.75 Å². The van der Waals surface area contributed by atoms with Crippen molar-refractivity contribution in [1.29, 1.82) is 0 Å². The Balaban J connectivity index is 2.89. The van der Waals surface area contributed by atoms with Crippen LogP contribution in [0, 0.1) is 0 Å². The maximum atomic E-state index is 11.4. The van der Waals surface area contributed by atoms with E-state index in [4.69, 9.17) is 33.1 Å². The largest absolute Gasteiger partial charge is 0.482 e. The van der Waals surface area contributed by atoms with E-state index >= 15 is 0 Å². The lowest BCUT2D eigenvalue weighted by Crippen LogP contribution is -2.34. The van der Waals surface area contributed by atoms with Gasteiger partial charge in [-0.05, 0) is 19.9 Å². The lowest BCUT2D eigenvalue weighted by molar-refractivity contribution is -0.123. The number of primary sulfonamides is 1. The summed E-state index contributed by atoms with van der Waals surface area (Å²) >= 11 is 11.6. The molecular weight excluding hydrogens is 327 g/mol. The second-order valence-electron chi connectivity index (χ2n) is 4.27. The summed E-state index contributed by atoms with van der Waals surface area (Å²) in [4.78, 5) is 11.1. The molecule has 0 atom stereocenters. The molecule has 1 aromatic rings. The first kappa shape index (κ1) is 17.0. The van der Waals surface area contributed by atoms with E-state index in [-0.39, 0.29) is 39.2 Å². The number of rotatable bonds is 5. The fraction of sp³-hybridized carbons (Fsp3) is 0.364. The molecule has 1 rings (SSSR count). The minimum Gasteiger partial charge on any atom is -0.482 e. The zero-order valence-corrected chi connectivity index (χ0v) is 13.1. The quantitative estimate of drug-likeness (QED) is 0.849. The van der Waals surface area contributed by atoms with Crippen LogP contribution in [-0.2, 0) is 14.8 Å². The van der Waals surface area contributed by atoms with E-state index in [9.17, 15) is 13.2 Å². The predicted molar refractivity (Wildman–Crippen MR) is 76.6 cm³/mol. The van der Waals surface area contributed by atoms with Gasteiger partial charge in [0.15, 0.2) is 6.61 Å². The Labute approximate surface area is 127 Å². The third kappa shape index (κ3) is 4.82. The molecule has 0 bridgehead atoms. The van der Waals surface area contributed by atoms with E-state index in [1.54, 1.807) is 0 Å². The number of nitrogens with one attached hydrogen (secondary N) is 1. The van der Waals surface area contributed by atoms with E-state index in [1.165, 1.54) is 6.07 Å². The third-order valence-electron chi connectivity index (χ3n) is 2.10. The number of carbonyl (C=O) groups excluding carboxylic acids is 1. The van der Waals surface area contributed by atoms with Crippen LogP contribution in [0.5, 0.6) is 5.75 Å². The van der Waals surface area contributed by atoms with E-state index in [0.29, 0.717) is 0 Å². The van der Waals surface area contributed by atoms with Crippen molar-refractivity contribution in [3.05, 3.63) is 22.2 Å². The molecule has 0 aliphatic heterocycles. The first-order valence-corrected chi connectivity index (χ1v) is 7.85. The Hall–Kier alpha value is -1.02. The number of ether oxygens (including phenoxy) is 1. The van der Waals surface area contributed by atoms with Gasteiger partial charge in [0.05, 0.1) is 10.0 Å². The van der Waals surface area contributed by atoms with E-state index in [0.717, 1.165) is 6.07 Å². The summed E-state index contributed by atoms with van der Waals surface area (Å²) in [7, 11) is -3.97. The maximum Gasteiger partial charge on any atom is 0.258 e. The van der Waals surface area contributed by atoms with Crippen LogP contribution in [0.2, 0.25) is 10.0 Å². The van der Waals surface area contributed by atoms with Crippen LogP contribution >= 0.6 is 23.2 Å². The summed E-state index contributed by atoms with van der Waals surface area (Å²) in [5.41, 5.74) is 0. The Kier molecular flexibility index (Phi) is 5.64. The molecule has 9 heteroatoms. The molecule has 20 heavy (non-hydrogen) atoms. The Morgan fingerprint density at radius 3 is 2.45 bits per heavy atom. The highest BCUT2D eigenvalue weighted by Gasteiger charge is 2.17. The van der Waals surface area contributed by atoms with Gasteiger partial charge in [-0.2, -0.15) is 0 Å². The van der Waals surface area contributed by atoms with Gasteiger partial charge in [0.2, 0.25) is 10.0 Å². The minimum absolute atomic E-state index is 0.00391. The molecule has 0 heterocycles. The molecule has 0 radical (unpaired) electrons. The summed E-state index contributed by atoms with van der Waals surface area (Å²) in [5, 5.41) is 7.47. The molecule has 0 saturated heterocycles. The van der Waals surface area contributed by atoms with Gasteiger partial charge in [-0.1, -0.05) is 23.2 Å². The molecule has 0 fully saturated rings. The second-order valence-corrected chi connectivity index (χ2v) is 6.61. The first-order valence-electron chi connectivity index (χ1n) is 5.55. The summed E-state index contributed by atoms with van der Waals surface area (Å²) < 4.78 is 27.7. The molecule has 0 aromatic heterocycles. The van der Waals surface area contributed by atoms with Gasteiger partial charge >= 0.3 is 0 Å². The molecular formula is C11H14Cl2N2O4S. The van der Waals surface area contributed by atoms with Gasteiger partial charge in [-0.3, -0.25) is 4.79 Å². The normalized spacial score (nSPS) is 11.5. The molecule has 0 aliphatic rings. The van der Waals surface area contributed by atoms with Crippen LogP contribution in [0.25, 0.3) is 0 Å². The van der Waals surface area contributed by atoms with Crippen LogP contribution in [0.15, 0.2) is 17.0 Å². The highest BCUT2D eigenvalue weighted by atomic mass is 35.5. The van der Waals surface area contributed by atoms with Crippen molar-refractivity contribution in [3.63, 3.8) is 0 Å². The molecule has 1 amide bonds. The molecule has 0 spiro atoms. The van der Waals surface area contributed by atoms with Gasteiger partial charge in [0.25, 0.3) is 5.91 Å². The number of hydrogen-bond acceptors (Lipinski definition) is 4. The van der Waals surface area contributed by atoms with Crippen molar-refractivity contribution in [2.75, 3.05) is 6.61 Å². The average molecular weight is 341 g/mol. The number of nitrogens with two attached hydrogens (primary N) is 1. The summed E-state index contributed by atoms with van der Waals surface area (Å²) in [6.45, 7) is 3.36. The van der Waals surface area contributed by atoms with E-state index in [1.807, 2.05) is 13.8 Å². The molecule has 0 aliphatic carbocycles. The van der Waals surface area contributed by atoms with E-state index in [2.05, 4.69) is 5.32 Å². The van der Waals surface area contributed by atoms with Gasteiger partial charge in [-0.15, -0.1) is 0 Å². The van der Waals surface area contributed by atoms with Gasteiger partial charge < -0.3 is 10.1 Å². The smallest absolute Gasteiger partial charge is 0.258 e. The summed E-state index contributed by atoms with van der Waals surface area (Å²) in [5.74, 6) is -0.231. The maximum absolute atomic E-state index is 11.4. The third-order valence-corrected chi connectivity index (χ3v) is 3.77. The van der Waals surface area contributed by atoms with Crippen molar-refractivity contribution in [2.45, 2.75) is 24.8 Å². The Bertz CT molecular complexity index is 617. The zero-order valence-electron chi connectivity index (χ0n) is 10.8. The zero-order chi connectivity index (χ0) is 15.5. The fourth-order valence-corrected chi connectivity index (χ4v) is 2.72. The second kappa shape index (κ2) is 6.62. The number of halogens is 2. The monoisotopic (exact) mass is 340 g/mol. The highest BCUT2D eigenvalue weighted by Crippen LogP contribution is 2.32. The SMILES string of the molecule is CC(C)NC(=O)COc1cc(Cl)c(S(N)(=O)=O)cc1Cl. The van der Waals surface area contributed by atoms with Gasteiger partial charge in [0.1, 0.15) is 10.6 Å². The number of sulfonamides is 1. The van der Waals surface area contributed by atoms with Crippen LogP contribution in [0.3, 0.4) is 0 Å². The molecule has 0 unspecified atom stereocenters. The highest BCUT2D eigenvalue weighted by molar-refractivity contribution is 7.89. The molecule has 3 N–H and O–H groups in total. The van der Waals surface area contributed by atoms with Crippen LogP contribution in [0.1, 0.15) is 13.8 Å². The summed E-state index contributed by atoms with van der Waals surface area (Å²) in [6.07, 6.45) is 0. The van der Waals surface area contributed by atoms with Gasteiger partial charge in [-0.25, -0.2) is 13.6 Å². The fourth-order valence-electron chi connectivity index (χ4n) is 1.35. The Morgan fingerprint density at radius 2 is 1.95 bits per heavy atom. The average Bonchev–Trinajstić information content (AvgIpc) is 2.27. The van der Waals surface area contributed by atoms with Crippen molar-refractivity contribution in [2.24, 2.45) is 5.14 Å². The number of hydrogen-bond donors (Lipinski definition) is 2. The van der Waals surface area contributed by atoms with Crippen LogP contribution in [-0.4, -0.2) is 27.0 Å². The van der Waals surface area contributed by atoms with E-state index < -0.39 is 10.0 Å². The van der Waals surface area contributed by atoms with Crippen molar-refractivity contribution < 1.29 is 17.9 Å². The lowest BCUT2D eigenvalue weighted by Gasteiger charge is -2.12. The topological polar surface area (TPSA) is 98.5 Å². The standard InChI is InChI=1S/C11H14Cl2N2O4S/c1-6(2)15-11(16)5-19-9-3-8(13)10(4-7(9)12)20(14,17)18/h3-4,6H,5H2,1-2H3,(H,15,16)(H2,14,17,18). The lowest BCUT2D eigenvalue weighted by atomic mass is 10.3. The predicted octanol–water partition coefficient (Wildman–Crippen LogP) is 1.54. The van der Waals surface area contributed by atoms with Crippen molar-refractivity contribution in [1.82, 2.24) is 5.32 Å². The Morgan fingerprint density at radius 1 is 1.35 bits per heavy atom. The molecule has 0 saturated carbocycles. The number of benzene rings is 1. The van der Waals surface area contributed by atoms with Gasteiger partial charge in [0, 0.05) is 12.1 Å². The minimum atomic E-state index is -3.97. The molecule has 112 valence electrons. The van der Waals surface area contributed by atoms with Crippen molar-refractivity contribution >= 4 is 39.1 Å². The molecule has 1 aromatic carbocycles. The van der Waals surface area contributed by atoms with Crippen LogP contribution in [0.4, 0.5) is 0 Å². The number of amides is 1. The first-order chi connectivity index (χ1) is 9.11. The van der Waals surface area contributed by atoms with Crippen LogP contribution < -0.4 is 15.2 Å². The number of carbonyl (C=O) groups is 1. The molecule has 6 nitrogen and oxygen atoms in total.